The van der Waals surface area contributed by atoms with E-state index in [1.54, 1.807) is 23.9 Å². The Hall–Kier alpha value is -1.79. The number of hydrogen-bond donors (Lipinski definition) is 2. The Morgan fingerprint density at radius 3 is 2.43 bits per heavy atom. The molecule has 0 radical (unpaired) electrons. The maximum absolute atomic E-state index is 12.4. The highest BCUT2D eigenvalue weighted by Crippen LogP contribution is 2.26. The van der Waals surface area contributed by atoms with Gasteiger partial charge in [-0.2, -0.15) is 0 Å². The van der Waals surface area contributed by atoms with E-state index in [-0.39, 0.29) is 30.4 Å². The number of aliphatic carboxylic acids is 1. The van der Waals surface area contributed by atoms with Crippen LogP contribution in [-0.2, 0) is 9.59 Å². The highest BCUT2D eigenvalue weighted by molar-refractivity contribution is 5.79. The summed E-state index contributed by atoms with van der Waals surface area (Å²) in [6.45, 7) is 0.871. The van der Waals surface area contributed by atoms with Crippen LogP contribution in [0.25, 0.3) is 0 Å². The van der Waals surface area contributed by atoms with E-state index in [1.165, 1.54) is 0 Å². The zero-order valence-electron chi connectivity index (χ0n) is 14.0. The van der Waals surface area contributed by atoms with Gasteiger partial charge < -0.3 is 20.2 Å². The van der Waals surface area contributed by atoms with Crippen molar-refractivity contribution in [2.75, 3.05) is 27.2 Å². The molecule has 1 heterocycles. The Morgan fingerprint density at radius 2 is 1.78 bits per heavy atom. The maximum atomic E-state index is 12.4. The summed E-state index contributed by atoms with van der Waals surface area (Å²) < 4.78 is 0. The molecule has 7 nitrogen and oxygen atoms in total. The van der Waals surface area contributed by atoms with Crippen LogP contribution in [-0.4, -0.2) is 66.0 Å². The van der Waals surface area contributed by atoms with Crippen LogP contribution < -0.4 is 5.32 Å². The van der Waals surface area contributed by atoms with Gasteiger partial charge >= 0.3 is 12.0 Å². The lowest BCUT2D eigenvalue weighted by Gasteiger charge is -2.35. The third kappa shape index (κ3) is 4.59. The van der Waals surface area contributed by atoms with E-state index in [0.29, 0.717) is 19.4 Å². The van der Waals surface area contributed by atoms with Crippen LogP contribution in [0.5, 0.6) is 0 Å². The second-order valence-electron chi connectivity index (χ2n) is 6.87. The van der Waals surface area contributed by atoms with Gasteiger partial charge in [-0.05, 0) is 32.1 Å². The summed E-state index contributed by atoms with van der Waals surface area (Å²) >= 11 is 0. The fourth-order valence-electron chi connectivity index (χ4n) is 3.54. The van der Waals surface area contributed by atoms with Crippen LogP contribution in [0.4, 0.5) is 4.79 Å². The number of nitrogens with zero attached hydrogens (tertiary/aromatic N) is 2. The van der Waals surface area contributed by atoms with Crippen molar-refractivity contribution < 1.29 is 19.5 Å². The summed E-state index contributed by atoms with van der Waals surface area (Å²) in [6, 6.07) is -0.200. The van der Waals surface area contributed by atoms with Crippen LogP contribution in [0, 0.1) is 11.8 Å². The molecule has 0 bridgehead atoms. The Labute approximate surface area is 137 Å². The van der Waals surface area contributed by atoms with Crippen molar-refractivity contribution in [3.8, 4) is 0 Å². The summed E-state index contributed by atoms with van der Waals surface area (Å²) in [5.41, 5.74) is 0. The number of amides is 3. The van der Waals surface area contributed by atoms with Gasteiger partial charge in [0.2, 0.25) is 5.91 Å². The molecule has 23 heavy (non-hydrogen) atoms. The predicted molar refractivity (Wildman–Crippen MR) is 84.9 cm³/mol. The molecule has 2 N–H and O–H groups in total. The first-order chi connectivity index (χ1) is 10.9. The predicted octanol–water partition coefficient (Wildman–Crippen LogP) is 1.14. The van der Waals surface area contributed by atoms with E-state index in [1.807, 2.05) is 0 Å². The first-order valence-corrected chi connectivity index (χ1v) is 8.38. The SMILES string of the molecule is CN(C)C(=O)C1CCCC(NC(=O)N2CCCC(C(=O)O)C2)C1. The summed E-state index contributed by atoms with van der Waals surface area (Å²) in [6.07, 6.45) is 4.68. The Kier molecular flexibility index (Phi) is 5.85. The maximum Gasteiger partial charge on any atom is 0.317 e. The van der Waals surface area contributed by atoms with E-state index >= 15 is 0 Å². The molecule has 0 aromatic carbocycles. The normalized spacial score (nSPS) is 28.1. The molecule has 1 aliphatic carbocycles. The molecule has 1 saturated carbocycles. The molecule has 2 rings (SSSR count). The number of carboxylic acid groups (broad SMARTS) is 1. The molecule has 1 saturated heterocycles. The molecule has 0 aromatic rings. The Balaban J connectivity index is 1.87. The minimum Gasteiger partial charge on any atom is -0.481 e. The number of rotatable bonds is 3. The molecule has 130 valence electrons. The molecule has 3 atom stereocenters. The van der Waals surface area contributed by atoms with Crippen molar-refractivity contribution >= 4 is 17.9 Å². The van der Waals surface area contributed by atoms with E-state index in [9.17, 15) is 14.4 Å². The van der Waals surface area contributed by atoms with Gasteiger partial charge in [-0.15, -0.1) is 0 Å². The van der Waals surface area contributed by atoms with Crippen LogP contribution in [0.15, 0.2) is 0 Å². The monoisotopic (exact) mass is 325 g/mol. The van der Waals surface area contributed by atoms with E-state index in [4.69, 9.17) is 5.11 Å². The lowest BCUT2D eigenvalue weighted by Crippen LogP contribution is -2.51. The van der Waals surface area contributed by atoms with Crippen LogP contribution in [0.2, 0.25) is 0 Å². The first kappa shape index (κ1) is 17.6. The smallest absolute Gasteiger partial charge is 0.317 e. The van der Waals surface area contributed by atoms with Gasteiger partial charge in [0.25, 0.3) is 0 Å². The minimum absolute atomic E-state index is 0.00430. The average Bonchev–Trinajstić information content (AvgIpc) is 2.54. The van der Waals surface area contributed by atoms with Crippen molar-refractivity contribution in [3.63, 3.8) is 0 Å². The van der Waals surface area contributed by atoms with Gasteiger partial charge in [-0.1, -0.05) is 6.42 Å². The van der Waals surface area contributed by atoms with E-state index < -0.39 is 11.9 Å². The van der Waals surface area contributed by atoms with E-state index in [2.05, 4.69) is 5.32 Å². The van der Waals surface area contributed by atoms with Crippen LogP contribution in [0.3, 0.4) is 0 Å². The number of likely N-dealkylation sites (tertiary alicyclic amines) is 1. The largest absolute Gasteiger partial charge is 0.481 e. The number of carbonyl (C=O) groups excluding carboxylic acids is 2. The number of nitrogens with one attached hydrogen (secondary N) is 1. The van der Waals surface area contributed by atoms with Crippen molar-refractivity contribution in [2.45, 2.75) is 44.6 Å². The molecule has 7 heteroatoms. The van der Waals surface area contributed by atoms with Crippen molar-refractivity contribution in [3.05, 3.63) is 0 Å². The van der Waals surface area contributed by atoms with Gasteiger partial charge in [-0.3, -0.25) is 9.59 Å². The molecular formula is C16H27N3O4. The second kappa shape index (κ2) is 7.66. The number of carboxylic acids is 1. The molecular weight excluding hydrogens is 298 g/mol. The first-order valence-electron chi connectivity index (χ1n) is 8.38. The Bertz CT molecular complexity index is 466. The summed E-state index contributed by atoms with van der Waals surface area (Å²) in [5, 5.41) is 12.1. The topological polar surface area (TPSA) is 90.0 Å². The average molecular weight is 325 g/mol. The van der Waals surface area contributed by atoms with Gasteiger partial charge in [0.1, 0.15) is 0 Å². The molecule has 3 amide bonds. The molecule has 3 unspecified atom stereocenters. The highest BCUT2D eigenvalue weighted by Gasteiger charge is 2.32. The zero-order valence-corrected chi connectivity index (χ0v) is 14.0. The summed E-state index contributed by atoms with van der Waals surface area (Å²) in [5.74, 6) is -1.22. The standard InChI is InChI=1S/C16H27N3O4/c1-18(2)14(20)11-5-3-7-13(9-11)17-16(23)19-8-4-6-12(10-19)15(21)22/h11-13H,3-10H2,1-2H3,(H,17,23)(H,21,22). The summed E-state index contributed by atoms with van der Waals surface area (Å²) in [4.78, 5) is 38.8. The number of hydrogen-bond acceptors (Lipinski definition) is 3. The van der Waals surface area contributed by atoms with Crippen molar-refractivity contribution in [2.24, 2.45) is 11.8 Å². The molecule has 1 aliphatic heterocycles. The van der Waals surface area contributed by atoms with Crippen molar-refractivity contribution in [1.82, 2.24) is 15.1 Å². The number of urea groups is 1. The number of carbonyl (C=O) groups is 3. The molecule has 2 aliphatic rings. The molecule has 2 fully saturated rings. The fraction of sp³-hybridized carbons (Fsp3) is 0.812. The summed E-state index contributed by atoms with van der Waals surface area (Å²) in [7, 11) is 3.51. The van der Waals surface area contributed by atoms with Gasteiger partial charge in [0.15, 0.2) is 0 Å². The fourth-order valence-corrected chi connectivity index (χ4v) is 3.54. The third-order valence-electron chi connectivity index (χ3n) is 4.85. The second-order valence-corrected chi connectivity index (χ2v) is 6.87. The minimum atomic E-state index is -0.836. The Morgan fingerprint density at radius 1 is 1.09 bits per heavy atom. The lowest BCUT2D eigenvalue weighted by molar-refractivity contribution is -0.143. The van der Waals surface area contributed by atoms with Gasteiger partial charge in [0.05, 0.1) is 5.92 Å². The number of piperidine rings is 1. The lowest BCUT2D eigenvalue weighted by atomic mass is 9.85. The highest BCUT2D eigenvalue weighted by atomic mass is 16.4. The van der Waals surface area contributed by atoms with Crippen LogP contribution in [0.1, 0.15) is 38.5 Å². The van der Waals surface area contributed by atoms with Crippen molar-refractivity contribution in [1.29, 1.82) is 0 Å². The van der Waals surface area contributed by atoms with E-state index in [0.717, 1.165) is 25.7 Å². The zero-order chi connectivity index (χ0) is 17.0. The van der Waals surface area contributed by atoms with Gasteiger partial charge in [0, 0.05) is 39.1 Å². The molecule has 0 aromatic heterocycles. The quantitative estimate of drug-likeness (QED) is 0.814. The molecule has 0 spiro atoms. The van der Waals surface area contributed by atoms with Crippen LogP contribution >= 0.6 is 0 Å². The van der Waals surface area contributed by atoms with Gasteiger partial charge in [-0.25, -0.2) is 4.79 Å². The third-order valence-corrected chi connectivity index (χ3v) is 4.85.